The number of rotatable bonds is 17. The molecular weight excluding hydrogens is 693 g/mol. The van der Waals surface area contributed by atoms with Gasteiger partial charge < -0.3 is 25.5 Å². The summed E-state index contributed by atoms with van der Waals surface area (Å²) in [7, 11) is -2.05. The molecule has 4 aromatic rings. The Hall–Kier alpha value is -4.93. The second-order valence-corrected chi connectivity index (χ2v) is 20.6. The van der Waals surface area contributed by atoms with Crippen molar-refractivity contribution in [2.45, 2.75) is 96.6 Å². The number of nitrogens with one attached hydrogen (secondary N) is 4. The maximum absolute atomic E-state index is 13.8. The van der Waals surface area contributed by atoms with Crippen molar-refractivity contribution in [3.63, 3.8) is 0 Å². The van der Waals surface area contributed by atoms with Crippen molar-refractivity contribution >= 4 is 31.9 Å². The van der Waals surface area contributed by atoms with Gasteiger partial charge in [-0.05, 0) is 97.7 Å². The lowest BCUT2D eigenvalue weighted by atomic mass is 9.76. The Morgan fingerprint density at radius 3 is 1.76 bits per heavy atom. The molecular formula is C44H58N4O5Si. The predicted octanol–water partition coefficient (Wildman–Crippen LogP) is 8.85. The summed E-state index contributed by atoms with van der Waals surface area (Å²) >= 11 is 0. The van der Waals surface area contributed by atoms with Gasteiger partial charge in [-0.1, -0.05) is 125 Å². The molecule has 54 heavy (non-hydrogen) atoms. The summed E-state index contributed by atoms with van der Waals surface area (Å²) < 4.78 is 6.40. The van der Waals surface area contributed by atoms with Gasteiger partial charge in [-0.25, -0.2) is 4.79 Å². The standard InChI is InChI=1S/C44H58N4O5Si/c1-31(2)39(48-42(51)52)41(50)47-38(40(49)46-36-26-28-37(29-27-36)53-54(7,8)43(4,5)6)21-15-16-30-45-44(33-17-11-9-12-18-33,34-19-13-10-14-20-34)35-24-22-32(3)23-25-35/h9-14,17-20,22-29,31,38-39,45,48H,15-16,21,30H2,1-8H3,(H,46,49)(H,47,50)(H,51,52)/t38-,39-/m0/s1. The van der Waals surface area contributed by atoms with E-state index in [1.807, 2.05) is 48.5 Å². The number of aryl methyl sites for hydroxylation is 1. The van der Waals surface area contributed by atoms with Gasteiger partial charge in [-0.15, -0.1) is 0 Å². The van der Waals surface area contributed by atoms with E-state index < -0.39 is 37.9 Å². The quantitative estimate of drug-likeness (QED) is 0.0417. The zero-order valence-electron chi connectivity index (χ0n) is 33.0. The lowest BCUT2D eigenvalue weighted by Gasteiger charge is -2.37. The Balaban J connectivity index is 1.53. The zero-order chi connectivity index (χ0) is 39.5. The highest BCUT2D eigenvalue weighted by Gasteiger charge is 2.39. The van der Waals surface area contributed by atoms with Crippen LogP contribution in [0.1, 0.15) is 76.1 Å². The molecule has 0 aliphatic carbocycles. The summed E-state index contributed by atoms with van der Waals surface area (Å²) in [4.78, 5) is 38.7. The van der Waals surface area contributed by atoms with Crippen LogP contribution in [0.3, 0.4) is 0 Å². The molecule has 0 unspecified atom stereocenters. The van der Waals surface area contributed by atoms with E-state index in [0.29, 0.717) is 31.5 Å². The first-order valence-electron chi connectivity index (χ1n) is 18.9. The zero-order valence-corrected chi connectivity index (χ0v) is 34.0. The van der Waals surface area contributed by atoms with Crippen LogP contribution in [0.15, 0.2) is 109 Å². The summed E-state index contributed by atoms with van der Waals surface area (Å²) in [5, 5.41) is 21.5. The molecule has 4 rings (SSSR count). The summed E-state index contributed by atoms with van der Waals surface area (Å²) in [6.45, 7) is 17.1. The monoisotopic (exact) mass is 750 g/mol. The van der Waals surface area contributed by atoms with Gasteiger partial charge in [0.2, 0.25) is 20.1 Å². The van der Waals surface area contributed by atoms with Crippen LogP contribution in [-0.4, -0.2) is 50.0 Å². The van der Waals surface area contributed by atoms with E-state index in [1.165, 1.54) is 5.56 Å². The Kier molecular flexibility index (Phi) is 14.3. The van der Waals surface area contributed by atoms with Gasteiger partial charge in [-0.3, -0.25) is 14.9 Å². The highest BCUT2D eigenvalue weighted by Crippen LogP contribution is 2.38. The molecule has 0 saturated carbocycles. The SMILES string of the molecule is Cc1ccc(C(NCCCC[C@H](NC(=O)[C@@H](NC(=O)O)C(C)C)C(=O)Nc2ccc(O[Si](C)(C)C(C)(C)C)cc2)(c2ccccc2)c2ccccc2)cc1. The first kappa shape index (κ1) is 41.8. The molecule has 0 radical (unpaired) electrons. The summed E-state index contributed by atoms with van der Waals surface area (Å²) in [5.74, 6) is -0.511. The van der Waals surface area contributed by atoms with Crippen LogP contribution < -0.4 is 25.7 Å². The number of carbonyl (C=O) groups excluding carboxylic acids is 2. The molecule has 4 aromatic carbocycles. The molecule has 0 heterocycles. The normalized spacial score (nSPS) is 13.1. The van der Waals surface area contributed by atoms with E-state index in [4.69, 9.17) is 4.43 Å². The largest absolute Gasteiger partial charge is 0.544 e. The molecule has 0 bridgehead atoms. The maximum Gasteiger partial charge on any atom is 0.405 e. The number of amides is 3. The molecule has 0 aromatic heterocycles. The highest BCUT2D eigenvalue weighted by atomic mass is 28.4. The first-order valence-corrected chi connectivity index (χ1v) is 21.8. The number of carbonyl (C=O) groups is 3. The first-order chi connectivity index (χ1) is 25.5. The van der Waals surface area contributed by atoms with Crippen molar-refractivity contribution < 1.29 is 23.9 Å². The van der Waals surface area contributed by atoms with E-state index in [-0.39, 0.29) is 16.9 Å². The minimum absolute atomic E-state index is 0.0371. The van der Waals surface area contributed by atoms with Gasteiger partial charge in [0, 0.05) is 5.69 Å². The average molecular weight is 751 g/mol. The molecule has 0 fully saturated rings. The third kappa shape index (κ3) is 10.8. The van der Waals surface area contributed by atoms with Crippen LogP contribution in [0.25, 0.3) is 0 Å². The van der Waals surface area contributed by atoms with E-state index in [0.717, 1.165) is 22.4 Å². The smallest absolute Gasteiger partial charge is 0.405 e. The summed E-state index contributed by atoms with van der Waals surface area (Å²) in [5.41, 5.74) is 4.44. The Morgan fingerprint density at radius 1 is 0.722 bits per heavy atom. The molecule has 288 valence electrons. The van der Waals surface area contributed by atoms with E-state index >= 15 is 0 Å². The number of benzene rings is 4. The minimum Gasteiger partial charge on any atom is -0.544 e. The Labute approximate surface area is 322 Å². The highest BCUT2D eigenvalue weighted by molar-refractivity contribution is 6.74. The van der Waals surface area contributed by atoms with Crippen LogP contribution in [0.4, 0.5) is 10.5 Å². The van der Waals surface area contributed by atoms with Crippen molar-refractivity contribution in [1.82, 2.24) is 16.0 Å². The number of unbranched alkanes of at least 4 members (excludes halogenated alkanes) is 1. The van der Waals surface area contributed by atoms with Crippen LogP contribution in [0.5, 0.6) is 5.75 Å². The van der Waals surface area contributed by atoms with Gasteiger partial charge in [0.1, 0.15) is 17.8 Å². The molecule has 9 nitrogen and oxygen atoms in total. The van der Waals surface area contributed by atoms with Gasteiger partial charge in [0.05, 0.1) is 5.54 Å². The van der Waals surface area contributed by atoms with Crippen molar-refractivity contribution in [3.05, 3.63) is 131 Å². The van der Waals surface area contributed by atoms with Crippen LogP contribution in [0.2, 0.25) is 18.1 Å². The molecule has 0 spiro atoms. The molecule has 3 amide bonds. The third-order valence-corrected chi connectivity index (χ3v) is 14.7. The second kappa shape index (κ2) is 18.4. The van der Waals surface area contributed by atoms with Crippen molar-refractivity contribution in [2.24, 2.45) is 5.92 Å². The number of hydrogen-bond donors (Lipinski definition) is 5. The van der Waals surface area contributed by atoms with E-state index in [1.54, 1.807) is 26.0 Å². The fraction of sp³-hybridized carbons (Fsp3) is 0.386. The topological polar surface area (TPSA) is 129 Å². The second-order valence-electron chi connectivity index (χ2n) is 15.9. The maximum atomic E-state index is 13.8. The molecule has 10 heteroatoms. The van der Waals surface area contributed by atoms with Crippen LogP contribution >= 0.6 is 0 Å². The molecule has 5 N–H and O–H groups in total. The van der Waals surface area contributed by atoms with Gasteiger partial charge in [0.25, 0.3) is 0 Å². The van der Waals surface area contributed by atoms with E-state index in [9.17, 15) is 19.5 Å². The van der Waals surface area contributed by atoms with Crippen molar-refractivity contribution in [1.29, 1.82) is 0 Å². The van der Waals surface area contributed by atoms with Crippen LogP contribution in [-0.2, 0) is 15.1 Å². The van der Waals surface area contributed by atoms with Crippen molar-refractivity contribution in [3.8, 4) is 5.75 Å². The molecule has 0 aliphatic heterocycles. The predicted molar refractivity (Wildman–Crippen MR) is 220 cm³/mol. The fourth-order valence-electron chi connectivity index (χ4n) is 6.22. The molecule has 2 atom stereocenters. The Morgan fingerprint density at radius 2 is 1.26 bits per heavy atom. The number of anilines is 1. The molecule has 0 aliphatic rings. The van der Waals surface area contributed by atoms with Gasteiger partial charge in [0.15, 0.2) is 0 Å². The van der Waals surface area contributed by atoms with Gasteiger partial charge in [-0.2, -0.15) is 0 Å². The lowest BCUT2D eigenvalue weighted by Crippen LogP contribution is -2.54. The van der Waals surface area contributed by atoms with Crippen molar-refractivity contribution in [2.75, 3.05) is 11.9 Å². The molecule has 0 saturated heterocycles. The average Bonchev–Trinajstić information content (AvgIpc) is 3.13. The minimum atomic E-state index is -2.05. The Bertz CT molecular complexity index is 1770. The van der Waals surface area contributed by atoms with Gasteiger partial charge >= 0.3 is 6.09 Å². The van der Waals surface area contributed by atoms with E-state index in [2.05, 4.69) is 111 Å². The number of hydrogen-bond acceptors (Lipinski definition) is 5. The third-order valence-electron chi connectivity index (χ3n) is 10.4. The summed E-state index contributed by atoms with van der Waals surface area (Å²) in [6, 6.07) is 34.7. The number of carboxylic acid groups (broad SMARTS) is 1. The van der Waals surface area contributed by atoms with Crippen LogP contribution in [0, 0.1) is 12.8 Å². The summed E-state index contributed by atoms with van der Waals surface area (Å²) in [6.07, 6.45) is 0.354. The lowest BCUT2D eigenvalue weighted by molar-refractivity contribution is -0.128. The fourth-order valence-corrected chi connectivity index (χ4v) is 7.25.